The SMILES string of the molecule is Cc1ccc(NC(=O)C[NH+](C)CC(=O)NN2C(=O)NC3(CCC(C)CC3)C2=O)cc1. The number of likely N-dealkylation sites (N-methyl/N-ethyl adjacent to an activating group) is 1. The molecule has 4 N–H and O–H groups in total. The van der Waals surface area contributed by atoms with Crippen LogP contribution < -0.4 is 21.0 Å². The molecule has 1 spiro atoms. The number of amides is 5. The van der Waals surface area contributed by atoms with Crippen LogP contribution in [0, 0.1) is 12.8 Å². The molecule has 1 heterocycles. The second-order valence-corrected chi connectivity index (χ2v) is 8.60. The number of urea groups is 1. The van der Waals surface area contributed by atoms with Crippen LogP contribution in [0.3, 0.4) is 0 Å². The fourth-order valence-corrected chi connectivity index (χ4v) is 3.93. The monoisotopic (exact) mass is 416 g/mol. The molecular formula is C21H30N5O4+. The Bertz CT molecular complexity index is 830. The molecule has 2 aliphatic rings. The molecule has 0 bridgehead atoms. The highest BCUT2D eigenvalue weighted by Gasteiger charge is 2.53. The molecule has 1 saturated carbocycles. The van der Waals surface area contributed by atoms with Crippen molar-refractivity contribution in [3.05, 3.63) is 29.8 Å². The summed E-state index contributed by atoms with van der Waals surface area (Å²) in [7, 11) is 1.70. The minimum absolute atomic E-state index is 0.0532. The Kier molecular flexibility index (Phi) is 6.40. The highest BCUT2D eigenvalue weighted by atomic mass is 16.2. The zero-order chi connectivity index (χ0) is 21.9. The third-order valence-corrected chi connectivity index (χ3v) is 5.79. The maximum absolute atomic E-state index is 12.8. The van der Waals surface area contributed by atoms with Crippen molar-refractivity contribution in [3.63, 3.8) is 0 Å². The lowest BCUT2D eigenvalue weighted by atomic mass is 9.77. The van der Waals surface area contributed by atoms with Crippen LogP contribution in [0.2, 0.25) is 0 Å². The zero-order valence-corrected chi connectivity index (χ0v) is 17.7. The van der Waals surface area contributed by atoms with Crippen LogP contribution in [0.25, 0.3) is 0 Å². The lowest BCUT2D eigenvalue weighted by Crippen LogP contribution is -3.11. The van der Waals surface area contributed by atoms with Crippen molar-refractivity contribution >= 4 is 29.4 Å². The second-order valence-electron chi connectivity index (χ2n) is 8.60. The van der Waals surface area contributed by atoms with E-state index in [9.17, 15) is 19.2 Å². The van der Waals surface area contributed by atoms with Crippen LogP contribution in [-0.2, 0) is 14.4 Å². The summed E-state index contributed by atoms with van der Waals surface area (Å²) >= 11 is 0. The van der Waals surface area contributed by atoms with Gasteiger partial charge in [0.25, 0.3) is 17.7 Å². The summed E-state index contributed by atoms with van der Waals surface area (Å²) in [4.78, 5) is 50.2. The molecule has 0 aromatic heterocycles. The number of quaternary nitrogens is 1. The molecule has 2 fully saturated rings. The van der Waals surface area contributed by atoms with E-state index in [1.54, 1.807) is 7.05 Å². The number of carbonyl (C=O) groups is 4. The highest BCUT2D eigenvalue weighted by molar-refractivity contribution is 6.08. The fraction of sp³-hybridized carbons (Fsp3) is 0.524. The number of nitrogens with zero attached hydrogens (tertiary/aromatic N) is 1. The van der Waals surface area contributed by atoms with E-state index >= 15 is 0 Å². The minimum Gasteiger partial charge on any atom is -0.322 e. The van der Waals surface area contributed by atoms with E-state index in [0.29, 0.717) is 29.3 Å². The van der Waals surface area contributed by atoms with Crippen molar-refractivity contribution in [2.45, 2.75) is 45.1 Å². The van der Waals surface area contributed by atoms with E-state index in [2.05, 4.69) is 23.0 Å². The van der Waals surface area contributed by atoms with Crippen LogP contribution >= 0.6 is 0 Å². The lowest BCUT2D eigenvalue weighted by molar-refractivity contribution is -0.862. The predicted molar refractivity (Wildman–Crippen MR) is 110 cm³/mol. The molecular weight excluding hydrogens is 386 g/mol. The molecule has 1 unspecified atom stereocenters. The molecule has 3 rings (SSSR count). The standard InChI is InChI=1S/C21H29N5O4/c1-14-4-6-16(7-5-14)22-17(27)12-25(3)13-18(28)24-26-19(29)21(23-20(26)30)10-8-15(2)9-11-21/h4-7,15H,8-13H2,1-3H3,(H,22,27)(H,23,30)(H,24,28)/p+1. The van der Waals surface area contributed by atoms with Crippen molar-refractivity contribution in [2.75, 3.05) is 25.5 Å². The Labute approximate surface area is 176 Å². The van der Waals surface area contributed by atoms with Gasteiger partial charge in [-0.2, -0.15) is 5.01 Å². The molecule has 9 heteroatoms. The number of rotatable bonds is 6. The number of imide groups is 1. The van der Waals surface area contributed by atoms with Gasteiger partial charge in [0.1, 0.15) is 5.54 Å². The largest absolute Gasteiger partial charge is 0.344 e. The summed E-state index contributed by atoms with van der Waals surface area (Å²) in [5.41, 5.74) is 3.29. The number of anilines is 1. The first-order valence-corrected chi connectivity index (χ1v) is 10.3. The predicted octanol–water partition coefficient (Wildman–Crippen LogP) is -0.0199. The van der Waals surface area contributed by atoms with E-state index in [1.165, 1.54) is 0 Å². The van der Waals surface area contributed by atoms with Gasteiger partial charge in [-0.15, -0.1) is 0 Å². The second kappa shape index (κ2) is 8.83. The zero-order valence-electron chi connectivity index (χ0n) is 17.7. The lowest BCUT2D eigenvalue weighted by Gasteiger charge is -2.33. The normalized spacial score (nSPS) is 24.5. The van der Waals surface area contributed by atoms with Gasteiger partial charge in [-0.3, -0.25) is 19.8 Å². The van der Waals surface area contributed by atoms with Gasteiger partial charge >= 0.3 is 6.03 Å². The van der Waals surface area contributed by atoms with Crippen molar-refractivity contribution in [2.24, 2.45) is 5.92 Å². The summed E-state index contributed by atoms with van der Waals surface area (Å²) in [5, 5.41) is 6.34. The molecule has 1 aliphatic carbocycles. The summed E-state index contributed by atoms with van der Waals surface area (Å²) in [6.07, 6.45) is 2.87. The molecule has 1 saturated heterocycles. The van der Waals surface area contributed by atoms with Gasteiger partial charge in [0, 0.05) is 5.69 Å². The third-order valence-electron chi connectivity index (χ3n) is 5.79. The van der Waals surface area contributed by atoms with E-state index in [4.69, 9.17) is 0 Å². The molecule has 162 valence electrons. The van der Waals surface area contributed by atoms with Crippen LogP contribution in [0.1, 0.15) is 38.2 Å². The molecule has 1 atom stereocenters. The van der Waals surface area contributed by atoms with Crippen LogP contribution in [0.5, 0.6) is 0 Å². The molecule has 1 aromatic carbocycles. The van der Waals surface area contributed by atoms with Crippen LogP contribution in [-0.4, -0.2) is 54.4 Å². The number of hydrogen-bond donors (Lipinski definition) is 4. The van der Waals surface area contributed by atoms with Gasteiger partial charge in [0.15, 0.2) is 13.1 Å². The minimum atomic E-state index is -0.899. The Morgan fingerprint density at radius 1 is 1.13 bits per heavy atom. The molecule has 5 amide bonds. The molecule has 1 aromatic rings. The van der Waals surface area contributed by atoms with Crippen molar-refractivity contribution in [1.29, 1.82) is 0 Å². The molecule has 30 heavy (non-hydrogen) atoms. The Morgan fingerprint density at radius 2 is 1.73 bits per heavy atom. The summed E-state index contributed by atoms with van der Waals surface area (Å²) in [6.45, 7) is 4.11. The molecule has 1 aliphatic heterocycles. The maximum Gasteiger partial charge on any atom is 0.344 e. The number of hydrogen-bond acceptors (Lipinski definition) is 4. The smallest absolute Gasteiger partial charge is 0.322 e. The first-order valence-electron chi connectivity index (χ1n) is 10.3. The van der Waals surface area contributed by atoms with Crippen molar-refractivity contribution in [3.8, 4) is 0 Å². The highest BCUT2D eigenvalue weighted by Crippen LogP contribution is 2.35. The van der Waals surface area contributed by atoms with Gasteiger partial charge in [-0.05, 0) is 50.7 Å². The number of benzene rings is 1. The van der Waals surface area contributed by atoms with Gasteiger partial charge in [0.2, 0.25) is 0 Å². The maximum atomic E-state index is 12.8. The molecule has 0 radical (unpaired) electrons. The number of carbonyl (C=O) groups excluding carboxylic acids is 4. The summed E-state index contributed by atoms with van der Waals surface area (Å²) in [6, 6.07) is 6.83. The Morgan fingerprint density at radius 3 is 2.37 bits per heavy atom. The summed E-state index contributed by atoms with van der Waals surface area (Å²) in [5.74, 6) is -0.607. The number of nitrogens with one attached hydrogen (secondary N) is 4. The first kappa shape index (κ1) is 21.8. The van der Waals surface area contributed by atoms with Gasteiger partial charge in [-0.1, -0.05) is 24.6 Å². The van der Waals surface area contributed by atoms with E-state index in [0.717, 1.165) is 23.4 Å². The van der Waals surface area contributed by atoms with Gasteiger partial charge < -0.3 is 15.5 Å². The average molecular weight is 417 g/mol. The topological polar surface area (TPSA) is 112 Å². The van der Waals surface area contributed by atoms with E-state index in [-0.39, 0.29) is 19.0 Å². The quantitative estimate of drug-likeness (QED) is 0.488. The van der Waals surface area contributed by atoms with Crippen molar-refractivity contribution < 1.29 is 24.1 Å². The van der Waals surface area contributed by atoms with Gasteiger partial charge in [0.05, 0.1) is 7.05 Å². The molecule has 9 nitrogen and oxygen atoms in total. The van der Waals surface area contributed by atoms with Crippen molar-refractivity contribution in [1.82, 2.24) is 15.8 Å². The van der Waals surface area contributed by atoms with Crippen LogP contribution in [0.15, 0.2) is 24.3 Å². The fourth-order valence-electron chi connectivity index (χ4n) is 3.93. The average Bonchev–Trinajstić information content (AvgIpc) is 2.90. The number of aryl methyl sites for hydroxylation is 1. The first-order chi connectivity index (χ1) is 14.2. The van der Waals surface area contributed by atoms with E-state index in [1.807, 2.05) is 31.2 Å². The number of hydrazine groups is 1. The van der Waals surface area contributed by atoms with Crippen LogP contribution in [0.4, 0.5) is 10.5 Å². The summed E-state index contributed by atoms with van der Waals surface area (Å²) < 4.78 is 0. The Hall–Kier alpha value is -2.94. The Balaban J connectivity index is 1.48. The third kappa shape index (κ3) is 4.96. The van der Waals surface area contributed by atoms with E-state index < -0.39 is 23.4 Å². The van der Waals surface area contributed by atoms with Gasteiger partial charge in [-0.25, -0.2) is 4.79 Å².